The van der Waals surface area contributed by atoms with Crippen LogP contribution in [0, 0.1) is 6.92 Å². The van der Waals surface area contributed by atoms with Crippen LogP contribution in [-0.4, -0.2) is 30.3 Å². The highest BCUT2D eigenvalue weighted by Gasteiger charge is 2.21. The first-order chi connectivity index (χ1) is 8.78. The van der Waals surface area contributed by atoms with Crippen LogP contribution in [0.2, 0.25) is 0 Å². The van der Waals surface area contributed by atoms with Gasteiger partial charge in [-0.15, -0.1) is 11.3 Å². The van der Waals surface area contributed by atoms with Gasteiger partial charge in [-0.1, -0.05) is 13.3 Å². The molecule has 4 heteroatoms. The Balaban J connectivity index is 1.66. The van der Waals surface area contributed by atoms with Crippen LogP contribution in [-0.2, 0) is 11.2 Å². The maximum Gasteiger partial charge on any atom is 0.0897 e. The molecule has 2 unspecified atom stereocenters. The maximum absolute atomic E-state index is 5.77. The number of aromatic nitrogens is 1. The molecular weight excluding hydrogens is 244 g/mol. The molecular formula is C14H24N2OS. The molecule has 0 saturated carbocycles. The number of thiazole rings is 1. The van der Waals surface area contributed by atoms with Crippen molar-refractivity contribution in [2.75, 3.05) is 13.2 Å². The number of aryl methyl sites for hydroxylation is 1. The summed E-state index contributed by atoms with van der Waals surface area (Å²) in [7, 11) is 0. The molecule has 18 heavy (non-hydrogen) atoms. The molecule has 2 atom stereocenters. The van der Waals surface area contributed by atoms with Crippen LogP contribution < -0.4 is 5.32 Å². The molecule has 1 aromatic rings. The van der Waals surface area contributed by atoms with Gasteiger partial charge in [-0.05, 0) is 26.2 Å². The molecule has 2 heterocycles. The fraction of sp³-hybridized carbons (Fsp3) is 0.786. The van der Waals surface area contributed by atoms with Crippen LogP contribution in [0.1, 0.15) is 43.3 Å². The molecule has 3 nitrogen and oxygen atoms in total. The number of hydrogen-bond donors (Lipinski definition) is 1. The predicted octanol–water partition coefficient (Wildman–Crippen LogP) is 2.93. The van der Waals surface area contributed by atoms with Gasteiger partial charge in [-0.25, -0.2) is 4.98 Å². The van der Waals surface area contributed by atoms with E-state index in [0.29, 0.717) is 12.1 Å². The van der Waals surface area contributed by atoms with Gasteiger partial charge in [0, 0.05) is 31.0 Å². The van der Waals surface area contributed by atoms with Crippen LogP contribution in [0.15, 0.2) is 5.38 Å². The molecule has 1 aromatic heterocycles. The van der Waals surface area contributed by atoms with Crippen molar-refractivity contribution in [3.05, 3.63) is 16.1 Å². The van der Waals surface area contributed by atoms with E-state index in [1.165, 1.54) is 30.0 Å². The third-order valence-corrected chi connectivity index (χ3v) is 4.28. The second-order valence-corrected chi connectivity index (χ2v) is 6.13. The van der Waals surface area contributed by atoms with E-state index >= 15 is 0 Å². The van der Waals surface area contributed by atoms with Gasteiger partial charge in [0.2, 0.25) is 0 Å². The van der Waals surface area contributed by atoms with Crippen LogP contribution in [0.25, 0.3) is 0 Å². The van der Waals surface area contributed by atoms with Gasteiger partial charge < -0.3 is 10.1 Å². The van der Waals surface area contributed by atoms with E-state index < -0.39 is 0 Å². The third kappa shape index (κ3) is 4.34. The Kier molecular flexibility index (Phi) is 5.60. The standard InChI is InChI=1S/C14H24N2OS/c1-3-4-14-9-12(6-8-17-14)15-7-5-13-10-18-11(2)16-13/h10,12,14-15H,3-9H2,1-2H3. The summed E-state index contributed by atoms with van der Waals surface area (Å²) in [5.41, 5.74) is 1.22. The van der Waals surface area contributed by atoms with E-state index in [4.69, 9.17) is 4.74 Å². The van der Waals surface area contributed by atoms with E-state index in [2.05, 4.69) is 29.5 Å². The molecule has 1 aliphatic heterocycles. The lowest BCUT2D eigenvalue weighted by Gasteiger charge is -2.30. The van der Waals surface area contributed by atoms with Gasteiger partial charge >= 0.3 is 0 Å². The SMILES string of the molecule is CCCC1CC(NCCc2csc(C)n2)CCO1. The van der Waals surface area contributed by atoms with Crippen LogP contribution >= 0.6 is 11.3 Å². The van der Waals surface area contributed by atoms with E-state index in [-0.39, 0.29) is 0 Å². The van der Waals surface area contributed by atoms with E-state index in [0.717, 1.165) is 26.0 Å². The Labute approximate surface area is 114 Å². The van der Waals surface area contributed by atoms with Gasteiger partial charge in [-0.2, -0.15) is 0 Å². The number of ether oxygens (including phenoxy) is 1. The van der Waals surface area contributed by atoms with Crippen molar-refractivity contribution in [1.29, 1.82) is 0 Å². The highest BCUT2D eigenvalue weighted by atomic mass is 32.1. The minimum absolute atomic E-state index is 0.475. The zero-order valence-corrected chi connectivity index (χ0v) is 12.3. The normalized spacial score (nSPS) is 24.3. The minimum Gasteiger partial charge on any atom is -0.378 e. The summed E-state index contributed by atoms with van der Waals surface area (Å²) in [6.45, 7) is 6.24. The molecule has 0 aromatic carbocycles. The summed E-state index contributed by atoms with van der Waals surface area (Å²) < 4.78 is 5.77. The molecule has 1 N–H and O–H groups in total. The average Bonchev–Trinajstić information content (AvgIpc) is 2.76. The summed E-state index contributed by atoms with van der Waals surface area (Å²) in [4.78, 5) is 4.49. The first-order valence-corrected chi connectivity index (χ1v) is 7.92. The van der Waals surface area contributed by atoms with Crippen molar-refractivity contribution in [2.45, 2.75) is 58.1 Å². The van der Waals surface area contributed by atoms with Crippen LogP contribution in [0.5, 0.6) is 0 Å². The Morgan fingerprint density at radius 3 is 3.17 bits per heavy atom. The molecule has 0 aliphatic carbocycles. The highest BCUT2D eigenvalue weighted by Crippen LogP contribution is 2.17. The monoisotopic (exact) mass is 268 g/mol. The van der Waals surface area contributed by atoms with Gasteiger partial charge in [-0.3, -0.25) is 0 Å². The predicted molar refractivity (Wildman–Crippen MR) is 76.2 cm³/mol. The fourth-order valence-corrected chi connectivity index (χ4v) is 3.16. The summed E-state index contributed by atoms with van der Waals surface area (Å²) in [5, 5.41) is 6.99. The molecule has 2 rings (SSSR count). The van der Waals surface area contributed by atoms with Crippen LogP contribution in [0.3, 0.4) is 0 Å². The van der Waals surface area contributed by atoms with E-state index in [9.17, 15) is 0 Å². The summed E-state index contributed by atoms with van der Waals surface area (Å²) in [6, 6.07) is 0.634. The Morgan fingerprint density at radius 2 is 2.44 bits per heavy atom. The van der Waals surface area contributed by atoms with Crippen molar-refractivity contribution in [2.24, 2.45) is 0 Å². The van der Waals surface area contributed by atoms with E-state index in [1.807, 2.05) is 0 Å². The molecule has 1 fully saturated rings. The average molecular weight is 268 g/mol. The van der Waals surface area contributed by atoms with Gasteiger partial charge in [0.15, 0.2) is 0 Å². The Hall–Kier alpha value is -0.450. The molecule has 1 aliphatic rings. The number of rotatable bonds is 6. The van der Waals surface area contributed by atoms with Crippen molar-refractivity contribution in [3.63, 3.8) is 0 Å². The van der Waals surface area contributed by atoms with Crippen molar-refractivity contribution >= 4 is 11.3 Å². The maximum atomic E-state index is 5.77. The summed E-state index contributed by atoms with van der Waals surface area (Å²) in [6.07, 6.45) is 6.25. The third-order valence-electron chi connectivity index (χ3n) is 3.46. The number of hydrogen-bond acceptors (Lipinski definition) is 4. The second-order valence-electron chi connectivity index (χ2n) is 5.06. The van der Waals surface area contributed by atoms with Crippen molar-refractivity contribution in [3.8, 4) is 0 Å². The Morgan fingerprint density at radius 1 is 1.56 bits per heavy atom. The van der Waals surface area contributed by atoms with Crippen LogP contribution in [0.4, 0.5) is 0 Å². The zero-order valence-electron chi connectivity index (χ0n) is 11.4. The van der Waals surface area contributed by atoms with Crippen molar-refractivity contribution in [1.82, 2.24) is 10.3 Å². The fourth-order valence-electron chi connectivity index (χ4n) is 2.52. The first kappa shape index (κ1) is 14.0. The highest BCUT2D eigenvalue weighted by molar-refractivity contribution is 7.09. The molecule has 102 valence electrons. The molecule has 0 bridgehead atoms. The second kappa shape index (κ2) is 7.22. The number of nitrogens with zero attached hydrogens (tertiary/aromatic N) is 1. The lowest BCUT2D eigenvalue weighted by atomic mass is 10.00. The van der Waals surface area contributed by atoms with E-state index in [1.54, 1.807) is 11.3 Å². The first-order valence-electron chi connectivity index (χ1n) is 7.04. The molecule has 1 saturated heterocycles. The zero-order chi connectivity index (χ0) is 12.8. The molecule has 0 amide bonds. The minimum atomic E-state index is 0.475. The summed E-state index contributed by atoms with van der Waals surface area (Å²) >= 11 is 1.74. The smallest absolute Gasteiger partial charge is 0.0897 e. The topological polar surface area (TPSA) is 34.2 Å². The largest absolute Gasteiger partial charge is 0.378 e. The van der Waals surface area contributed by atoms with Crippen molar-refractivity contribution < 1.29 is 4.74 Å². The molecule has 0 radical (unpaired) electrons. The number of nitrogens with one attached hydrogen (secondary N) is 1. The van der Waals surface area contributed by atoms with Gasteiger partial charge in [0.25, 0.3) is 0 Å². The molecule has 0 spiro atoms. The summed E-state index contributed by atoms with van der Waals surface area (Å²) in [5.74, 6) is 0. The Bertz CT molecular complexity index is 351. The lowest BCUT2D eigenvalue weighted by molar-refractivity contribution is -0.00300. The lowest BCUT2D eigenvalue weighted by Crippen LogP contribution is -2.39. The van der Waals surface area contributed by atoms with Gasteiger partial charge in [0.05, 0.1) is 16.8 Å². The quantitative estimate of drug-likeness (QED) is 0.861. The van der Waals surface area contributed by atoms with Gasteiger partial charge in [0.1, 0.15) is 0 Å².